The molecule has 5 nitrogen and oxygen atoms in total. The van der Waals surface area contributed by atoms with E-state index >= 15 is 0 Å². The number of nitrogens with one attached hydrogen (secondary N) is 1. The number of benzene rings is 2. The summed E-state index contributed by atoms with van der Waals surface area (Å²) in [6.45, 7) is 1.98. The maximum atomic E-state index is 11.8. The Morgan fingerprint density at radius 1 is 1.12 bits per heavy atom. The van der Waals surface area contributed by atoms with Crippen molar-refractivity contribution in [2.24, 2.45) is 0 Å². The number of anilines is 2. The molecule has 0 aliphatic carbocycles. The number of aryl methyl sites for hydroxylation is 1. The molecule has 0 aliphatic heterocycles. The van der Waals surface area contributed by atoms with Gasteiger partial charge in [-0.3, -0.25) is 0 Å². The Bertz CT molecular complexity index is 1110. The molecule has 2 aromatic heterocycles. The first-order valence-corrected chi connectivity index (χ1v) is 9.79. The van der Waals surface area contributed by atoms with Gasteiger partial charge in [-0.1, -0.05) is 53.4 Å². The average molecular weight is 381 g/mol. The topological polar surface area (TPSA) is 68.0 Å². The number of rotatable bonds is 5. The second-order valence-electron chi connectivity index (χ2n) is 5.74. The Hall–Kier alpha value is -2.64. The van der Waals surface area contributed by atoms with E-state index in [2.05, 4.69) is 15.5 Å². The Morgan fingerprint density at radius 3 is 2.81 bits per heavy atom. The summed E-state index contributed by atoms with van der Waals surface area (Å²) in [6.07, 6.45) is 0. The number of nitrogens with zero attached hydrogens (tertiary/aromatic N) is 2. The summed E-state index contributed by atoms with van der Waals surface area (Å²) in [5, 5.41) is 13.3. The lowest BCUT2D eigenvalue weighted by molar-refractivity contribution is 0.559. The van der Waals surface area contributed by atoms with Crippen LogP contribution in [0.3, 0.4) is 0 Å². The lowest BCUT2D eigenvalue weighted by Gasteiger charge is -2.04. The fourth-order valence-electron chi connectivity index (χ4n) is 2.56. The Kier molecular flexibility index (Phi) is 4.73. The summed E-state index contributed by atoms with van der Waals surface area (Å²) in [5.74, 6) is 0.630. The minimum Gasteiger partial charge on any atom is -0.423 e. The second kappa shape index (κ2) is 7.31. The summed E-state index contributed by atoms with van der Waals surface area (Å²) in [7, 11) is 0. The molecule has 0 aliphatic rings. The highest BCUT2D eigenvalue weighted by atomic mass is 32.2. The zero-order valence-electron chi connectivity index (χ0n) is 13.9. The molecule has 4 aromatic rings. The van der Waals surface area contributed by atoms with Gasteiger partial charge in [0, 0.05) is 22.9 Å². The highest BCUT2D eigenvalue weighted by Crippen LogP contribution is 2.31. The van der Waals surface area contributed by atoms with Crippen LogP contribution >= 0.6 is 23.1 Å². The van der Waals surface area contributed by atoms with Crippen LogP contribution in [0.15, 0.2) is 68.1 Å². The maximum absolute atomic E-state index is 11.8. The van der Waals surface area contributed by atoms with E-state index in [-0.39, 0.29) is 5.63 Å². The van der Waals surface area contributed by atoms with Crippen molar-refractivity contribution in [1.29, 1.82) is 0 Å². The van der Waals surface area contributed by atoms with Gasteiger partial charge in [0.2, 0.25) is 5.13 Å². The van der Waals surface area contributed by atoms with Crippen LogP contribution in [0, 0.1) is 6.92 Å². The van der Waals surface area contributed by atoms with Crippen molar-refractivity contribution < 1.29 is 4.42 Å². The van der Waals surface area contributed by atoms with Gasteiger partial charge >= 0.3 is 5.63 Å². The molecule has 1 N–H and O–H groups in total. The highest BCUT2D eigenvalue weighted by molar-refractivity contribution is 8.00. The van der Waals surface area contributed by atoms with Crippen LogP contribution in [-0.4, -0.2) is 10.2 Å². The summed E-state index contributed by atoms with van der Waals surface area (Å²) >= 11 is 3.04. The van der Waals surface area contributed by atoms with Crippen LogP contribution in [-0.2, 0) is 5.75 Å². The quantitative estimate of drug-likeness (QED) is 0.388. The standard InChI is InChI=1S/C19H15N3O2S2/c1-12-7-8-15-13(10-17(23)24-16(15)9-12)11-25-19-22-21-18(26-19)20-14-5-3-2-4-6-14/h2-10H,11H2,1H3,(H,20,21). The van der Waals surface area contributed by atoms with Gasteiger partial charge < -0.3 is 9.73 Å². The maximum Gasteiger partial charge on any atom is 0.336 e. The van der Waals surface area contributed by atoms with E-state index in [1.54, 1.807) is 17.8 Å². The third-order valence-corrected chi connectivity index (χ3v) is 5.79. The van der Waals surface area contributed by atoms with Crippen molar-refractivity contribution in [3.8, 4) is 0 Å². The molecular formula is C19H15N3O2S2. The molecule has 4 rings (SSSR count). The van der Waals surface area contributed by atoms with E-state index in [1.165, 1.54) is 11.3 Å². The monoisotopic (exact) mass is 381 g/mol. The molecule has 26 heavy (non-hydrogen) atoms. The van der Waals surface area contributed by atoms with Gasteiger partial charge in [0.25, 0.3) is 0 Å². The van der Waals surface area contributed by atoms with Crippen molar-refractivity contribution in [2.45, 2.75) is 17.0 Å². The van der Waals surface area contributed by atoms with Gasteiger partial charge in [0.05, 0.1) is 0 Å². The van der Waals surface area contributed by atoms with E-state index < -0.39 is 0 Å². The predicted molar refractivity (Wildman–Crippen MR) is 106 cm³/mol. The van der Waals surface area contributed by atoms with Gasteiger partial charge in [0.1, 0.15) is 5.58 Å². The molecule has 130 valence electrons. The first-order chi connectivity index (χ1) is 12.7. The molecule has 0 saturated heterocycles. The lowest BCUT2D eigenvalue weighted by atomic mass is 10.1. The molecular weight excluding hydrogens is 366 g/mol. The van der Waals surface area contributed by atoms with E-state index in [0.29, 0.717) is 11.3 Å². The first kappa shape index (κ1) is 16.8. The molecule has 0 bridgehead atoms. The Labute approximate surface area is 158 Å². The van der Waals surface area contributed by atoms with Gasteiger partial charge in [0.15, 0.2) is 4.34 Å². The molecule has 2 aromatic carbocycles. The van der Waals surface area contributed by atoms with E-state index in [4.69, 9.17) is 4.42 Å². The molecule has 0 radical (unpaired) electrons. The van der Waals surface area contributed by atoms with Gasteiger partial charge in [-0.2, -0.15) is 0 Å². The van der Waals surface area contributed by atoms with Crippen LogP contribution < -0.4 is 10.9 Å². The average Bonchev–Trinajstić information content (AvgIpc) is 3.07. The van der Waals surface area contributed by atoms with Crippen molar-refractivity contribution in [2.75, 3.05) is 5.32 Å². The second-order valence-corrected chi connectivity index (χ2v) is 7.94. The van der Waals surface area contributed by atoms with Gasteiger partial charge in [-0.25, -0.2) is 4.79 Å². The zero-order chi connectivity index (χ0) is 17.9. The summed E-state index contributed by atoms with van der Waals surface area (Å²) in [5.41, 5.74) is 3.27. The van der Waals surface area contributed by atoms with Crippen LogP contribution in [0.2, 0.25) is 0 Å². The van der Waals surface area contributed by atoms with Crippen LogP contribution in [0.5, 0.6) is 0 Å². The molecule has 0 saturated carbocycles. The summed E-state index contributed by atoms with van der Waals surface area (Å²) in [4.78, 5) is 11.8. The predicted octanol–water partition coefficient (Wildman–Crippen LogP) is 4.99. The minimum atomic E-state index is -0.331. The molecule has 0 amide bonds. The number of aromatic nitrogens is 2. The minimum absolute atomic E-state index is 0.331. The first-order valence-electron chi connectivity index (χ1n) is 7.99. The normalized spacial score (nSPS) is 11.0. The molecule has 0 unspecified atom stereocenters. The summed E-state index contributed by atoms with van der Waals surface area (Å²) in [6, 6.07) is 17.3. The number of thioether (sulfide) groups is 1. The third kappa shape index (κ3) is 3.79. The summed E-state index contributed by atoms with van der Waals surface area (Å²) < 4.78 is 6.15. The molecule has 0 fully saturated rings. The van der Waals surface area contributed by atoms with Crippen molar-refractivity contribution in [1.82, 2.24) is 10.2 Å². The zero-order valence-corrected chi connectivity index (χ0v) is 15.6. The third-order valence-electron chi connectivity index (χ3n) is 3.77. The SMILES string of the molecule is Cc1ccc2c(CSc3nnc(Nc4ccccc4)s3)cc(=O)oc2c1. The molecule has 0 spiro atoms. The van der Waals surface area contributed by atoms with Crippen LogP contribution in [0.1, 0.15) is 11.1 Å². The van der Waals surface area contributed by atoms with E-state index in [0.717, 1.165) is 31.7 Å². The molecule has 7 heteroatoms. The highest BCUT2D eigenvalue weighted by Gasteiger charge is 2.09. The molecule has 2 heterocycles. The van der Waals surface area contributed by atoms with E-state index in [1.807, 2.05) is 55.5 Å². The largest absolute Gasteiger partial charge is 0.423 e. The lowest BCUT2D eigenvalue weighted by Crippen LogP contribution is -2.00. The molecule has 0 atom stereocenters. The Balaban J connectivity index is 1.51. The number of para-hydroxylation sites is 1. The van der Waals surface area contributed by atoms with Gasteiger partial charge in [-0.05, 0) is 36.2 Å². The van der Waals surface area contributed by atoms with Crippen LogP contribution in [0.25, 0.3) is 11.0 Å². The number of hydrogen-bond donors (Lipinski definition) is 1. The van der Waals surface area contributed by atoms with Crippen molar-refractivity contribution in [3.05, 3.63) is 76.1 Å². The smallest absolute Gasteiger partial charge is 0.336 e. The fourth-order valence-corrected chi connectivity index (χ4v) is 4.32. The van der Waals surface area contributed by atoms with Gasteiger partial charge in [-0.15, -0.1) is 10.2 Å². The number of hydrogen-bond acceptors (Lipinski definition) is 7. The number of fused-ring (bicyclic) bond motifs is 1. The van der Waals surface area contributed by atoms with E-state index in [9.17, 15) is 4.79 Å². The Morgan fingerprint density at radius 2 is 1.96 bits per heavy atom. The van der Waals surface area contributed by atoms with Crippen molar-refractivity contribution in [3.63, 3.8) is 0 Å². The fraction of sp³-hybridized carbons (Fsp3) is 0.105. The van der Waals surface area contributed by atoms with Crippen LogP contribution in [0.4, 0.5) is 10.8 Å². The van der Waals surface area contributed by atoms with Crippen molar-refractivity contribution >= 4 is 44.9 Å².